The Kier molecular flexibility index (Phi) is 4.87. The molecular weight excluding hydrogens is 340 g/mol. The Bertz CT molecular complexity index is 1030. The zero-order valence-electron chi connectivity index (χ0n) is 15.1. The van der Waals surface area contributed by atoms with Crippen molar-refractivity contribution in [2.24, 2.45) is 0 Å². The van der Waals surface area contributed by atoms with Crippen molar-refractivity contribution in [3.63, 3.8) is 0 Å². The minimum atomic E-state index is -0.161. The summed E-state index contributed by atoms with van der Waals surface area (Å²) in [5.41, 5.74) is 3.08. The molecule has 6 heteroatoms. The van der Waals surface area contributed by atoms with Gasteiger partial charge in [-0.1, -0.05) is 36.4 Å². The van der Waals surface area contributed by atoms with Gasteiger partial charge in [-0.3, -0.25) is 14.6 Å². The van der Waals surface area contributed by atoms with Crippen LogP contribution in [-0.4, -0.2) is 33.9 Å². The summed E-state index contributed by atoms with van der Waals surface area (Å²) in [6.45, 7) is 2.06. The largest absolute Gasteiger partial charge is 0.356 e. The number of anilines is 1. The summed E-state index contributed by atoms with van der Waals surface area (Å²) in [7, 11) is 0. The smallest absolute Gasteiger partial charge is 0.260 e. The normalized spacial score (nSPS) is 13.4. The van der Waals surface area contributed by atoms with Crippen molar-refractivity contribution in [3.05, 3.63) is 70.0 Å². The van der Waals surface area contributed by atoms with Crippen molar-refractivity contribution in [2.75, 3.05) is 18.4 Å². The second-order valence-electron chi connectivity index (χ2n) is 6.80. The quantitative estimate of drug-likeness (QED) is 0.684. The highest BCUT2D eigenvalue weighted by molar-refractivity contribution is 5.78. The maximum absolute atomic E-state index is 12.5. The maximum Gasteiger partial charge on any atom is 0.260 e. The summed E-state index contributed by atoms with van der Waals surface area (Å²) >= 11 is 0. The second-order valence-corrected chi connectivity index (χ2v) is 6.80. The standard InChI is InChI=1S/C21H22N4O2/c26-19(25-13-11-15-6-1-2-7-16(15)14-25)10-5-12-22-21-23-18-9-4-3-8-17(18)20(27)24-21/h1-4,6-9H,5,10-14H2,(H2,22,23,24,27). The number of hydrogen-bond acceptors (Lipinski definition) is 4. The molecule has 27 heavy (non-hydrogen) atoms. The topological polar surface area (TPSA) is 78.1 Å². The van der Waals surface area contributed by atoms with E-state index >= 15 is 0 Å². The van der Waals surface area contributed by atoms with Gasteiger partial charge in [0.15, 0.2) is 0 Å². The molecule has 2 heterocycles. The van der Waals surface area contributed by atoms with E-state index in [2.05, 4.69) is 27.4 Å². The lowest BCUT2D eigenvalue weighted by molar-refractivity contribution is -0.132. The monoisotopic (exact) mass is 362 g/mol. The van der Waals surface area contributed by atoms with Crippen LogP contribution < -0.4 is 10.9 Å². The Labute approximate surface area is 157 Å². The highest BCUT2D eigenvalue weighted by Gasteiger charge is 2.19. The van der Waals surface area contributed by atoms with Gasteiger partial charge in [-0.15, -0.1) is 0 Å². The Balaban J connectivity index is 1.29. The molecule has 6 nitrogen and oxygen atoms in total. The third-order valence-electron chi connectivity index (χ3n) is 4.96. The Morgan fingerprint density at radius 1 is 1.11 bits per heavy atom. The van der Waals surface area contributed by atoms with E-state index < -0.39 is 0 Å². The fraction of sp³-hybridized carbons (Fsp3) is 0.286. The first-order valence-electron chi connectivity index (χ1n) is 9.28. The number of aromatic amines is 1. The molecule has 1 aliphatic rings. The molecule has 3 aromatic rings. The van der Waals surface area contributed by atoms with E-state index in [0.717, 1.165) is 13.0 Å². The van der Waals surface area contributed by atoms with Crippen molar-refractivity contribution in [1.82, 2.24) is 14.9 Å². The Morgan fingerprint density at radius 2 is 1.89 bits per heavy atom. The molecule has 0 radical (unpaired) electrons. The molecule has 1 aromatic heterocycles. The molecule has 0 spiro atoms. The van der Waals surface area contributed by atoms with Crippen LogP contribution in [0.25, 0.3) is 10.9 Å². The van der Waals surface area contributed by atoms with E-state index in [1.807, 2.05) is 35.2 Å². The SMILES string of the molecule is O=C(CCCNc1nc2ccccc2c(=O)[nH]1)N1CCc2ccccc2C1. The van der Waals surface area contributed by atoms with E-state index in [9.17, 15) is 9.59 Å². The lowest BCUT2D eigenvalue weighted by Crippen LogP contribution is -2.36. The lowest BCUT2D eigenvalue weighted by Gasteiger charge is -2.29. The molecule has 1 aliphatic heterocycles. The van der Waals surface area contributed by atoms with Crippen molar-refractivity contribution < 1.29 is 4.79 Å². The van der Waals surface area contributed by atoms with Crippen LogP contribution in [0, 0.1) is 0 Å². The summed E-state index contributed by atoms with van der Waals surface area (Å²) in [6, 6.07) is 15.5. The average molecular weight is 362 g/mol. The van der Waals surface area contributed by atoms with E-state index in [1.165, 1.54) is 11.1 Å². The Morgan fingerprint density at radius 3 is 2.78 bits per heavy atom. The molecule has 0 unspecified atom stereocenters. The van der Waals surface area contributed by atoms with Gasteiger partial charge in [0.25, 0.3) is 5.56 Å². The summed E-state index contributed by atoms with van der Waals surface area (Å²) < 4.78 is 0. The minimum absolute atomic E-state index is 0.161. The molecule has 2 N–H and O–H groups in total. The number of rotatable bonds is 5. The van der Waals surface area contributed by atoms with Crippen molar-refractivity contribution in [3.8, 4) is 0 Å². The second kappa shape index (κ2) is 7.61. The van der Waals surface area contributed by atoms with Gasteiger partial charge in [0.2, 0.25) is 11.9 Å². The van der Waals surface area contributed by atoms with Gasteiger partial charge in [-0.05, 0) is 36.1 Å². The van der Waals surface area contributed by atoms with E-state index in [0.29, 0.717) is 42.8 Å². The van der Waals surface area contributed by atoms with E-state index in [1.54, 1.807) is 6.07 Å². The number of hydrogen-bond donors (Lipinski definition) is 2. The van der Waals surface area contributed by atoms with Gasteiger partial charge in [-0.25, -0.2) is 4.98 Å². The number of nitrogens with one attached hydrogen (secondary N) is 2. The van der Waals surface area contributed by atoms with E-state index in [-0.39, 0.29) is 11.5 Å². The number of aromatic nitrogens is 2. The summed E-state index contributed by atoms with van der Waals surface area (Å²) in [5, 5.41) is 3.69. The molecule has 0 aliphatic carbocycles. The maximum atomic E-state index is 12.5. The third kappa shape index (κ3) is 3.84. The number of H-pyrrole nitrogens is 1. The van der Waals surface area contributed by atoms with Gasteiger partial charge >= 0.3 is 0 Å². The van der Waals surface area contributed by atoms with Gasteiger partial charge in [-0.2, -0.15) is 0 Å². The predicted molar refractivity (Wildman–Crippen MR) is 106 cm³/mol. The number of nitrogens with zero attached hydrogens (tertiary/aromatic N) is 2. The third-order valence-corrected chi connectivity index (χ3v) is 4.96. The first kappa shape index (κ1) is 17.3. The molecular formula is C21H22N4O2. The summed E-state index contributed by atoms with van der Waals surface area (Å²) in [6.07, 6.45) is 2.09. The fourth-order valence-corrected chi connectivity index (χ4v) is 3.48. The zero-order valence-corrected chi connectivity index (χ0v) is 15.1. The summed E-state index contributed by atoms with van der Waals surface area (Å²) in [4.78, 5) is 33.6. The lowest BCUT2D eigenvalue weighted by atomic mass is 9.99. The first-order valence-corrected chi connectivity index (χ1v) is 9.28. The first-order chi connectivity index (χ1) is 13.2. The Hall–Kier alpha value is -3.15. The van der Waals surface area contributed by atoms with Gasteiger partial charge in [0.05, 0.1) is 10.9 Å². The fourth-order valence-electron chi connectivity index (χ4n) is 3.48. The number of amides is 1. The van der Waals surface area contributed by atoms with Crippen molar-refractivity contribution >= 4 is 22.8 Å². The molecule has 0 saturated heterocycles. The van der Waals surface area contributed by atoms with Crippen LogP contribution in [0.15, 0.2) is 53.3 Å². The number of benzene rings is 2. The van der Waals surface area contributed by atoms with Crippen LogP contribution in [0.2, 0.25) is 0 Å². The number of carbonyl (C=O) groups is 1. The van der Waals surface area contributed by atoms with Gasteiger partial charge in [0.1, 0.15) is 0 Å². The average Bonchev–Trinajstić information content (AvgIpc) is 2.71. The zero-order chi connectivity index (χ0) is 18.6. The highest BCUT2D eigenvalue weighted by atomic mass is 16.2. The van der Waals surface area contributed by atoms with E-state index in [4.69, 9.17) is 0 Å². The van der Waals surface area contributed by atoms with Crippen LogP contribution in [0.1, 0.15) is 24.0 Å². The highest BCUT2D eigenvalue weighted by Crippen LogP contribution is 2.19. The van der Waals surface area contributed by atoms with Crippen LogP contribution in [0.3, 0.4) is 0 Å². The molecule has 1 amide bonds. The molecule has 0 saturated carbocycles. The molecule has 0 atom stereocenters. The predicted octanol–water partition coefficient (Wildman–Crippen LogP) is 2.70. The van der Waals surface area contributed by atoms with Gasteiger partial charge in [0, 0.05) is 26.1 Å². The summed E-state index contributed by atoms with van der Waals surface area (Å²) in [5.74, 6) is 0.615. The van der Waals surface area contributed by atoms with Crippen LogP contribution in [0.4, 0.5) is 5.95 Å². The number of carbonyl (C=O) groups excluding carboxylic acids is 1. The van der Waals surface area contributed by atoms with Gasteiger partial charge < -0.3 is 10.2 Å². The van der Waals surface area contributed by atoms with Crippen molar-refractivity contribution in [2.45, 2.75) is 25.8 Å². The molecule has 0 bridgehead atoms. The molecule has 4 rings (SSSR count). The molecule has 138 valence electrons. The minimum Gasteiger partial charge on any atom is -0.356 e. The number of fused-ring (bicyclic) bond motifs is 2. The molecule has 2 aromatic carbocycles. The van der Waals surface area contributed by atoms with Crippen LogP contribution >= 0.6 is 0 Å². The van der Waals surface area contributed by atoms with Crippen molar-refractivity contribution in [1.29, 1.82) is 0 Å². The van der Waals surface area contributed by atoms with Crippen LogP contribution in [0.5, 0.6) is 0 Å². The number of para-hydroxylation sites is 1. The molecule has 0 fully saturated rings. The van der Waals surface area contributed by atoms with Crippen LogP contribution in [-0.2, 0) is 17.8 Å².